The van der Waals surface area contributed by atoms with Crippen molar-refractivity contribution in [2.75, 3.05) is 42.6 Å². The standard InChI is InChI=1S/C17H25N7O3S/c1-12-16(13(2)24(19-12)14-4-9-28(26,27)11-14)22-5-7-23(8-6-22)17(25)15-10-21(3)20-18-15/h10,14H,4-9,11H2,1-3H3. The van der Waals surface area contributed by atoms with Gasteiger partial charge in [0.15, 0.2) is 15.5 Å². The lowest BCUT2D eigenvalue weighted by molar-refractivity contribution is 0.0740. The largest absolute Gasteiger partial charge is 0.365 e. The number of carbonyl (C=O) groups excluding carboxylic acids is 1. The number of anilines is 1. The van der Waals surface area contributed by atoms with E-state index >= 15 is 0 Å². The van der Waals surface area contributed by atoms with Crippen LogP contribution >= 0.6 is 0 Å². The fourth-order valence-electron chi connectivity index (χ4n) is 4.18. The van der Waals surface area contributed by atoms with Gasteiger partial charge in [0.2, 0.25) is 0 Å². The van der Waals surface area contributed by atoms with Crippen molar-refractivity contribution in [2.24, 2.45) is 7.05 Å². The summed E-state index contributed by atoms with van der Waals surface area (Å²) < 4.78 is 27.1. The van der Waals surface area contributed by atoms with Gasteiger partial charge in [-0.1, -0.05) is 5.21 Å². The van der Waals surface area contributed by atoms with Crippen LogP contribution in [0.25, 0.3) is 0 Å². The van der Waals surface area contributed by atoms with Crippen LogP contribution in [0.4, 0.5) is 5.69 Å². The zero-order chi connectivity index (χ0) is 20.1. The molecule has 2 aromatic heterocycles. The van der Waals surface area contributed by atoms with Crippen molar-refractivity contribution >= 4 is 21.4 Å². The van der Waals surface area contributed by atoms with Gasteiger partial charge in [-0.15, -0.1) is 5.10 Å². The van der Waals surface area contributed by atoms with E-state index in [-0.39, 0.29) is 23.5 Å². The third-order valence-corrected chi connectivity index (χ3v) is 7.30. The van der Waals surface area contributed by atoms with Crippen LogP contribution in [-0.2, 0) is 16.9 Å². The molecule has 2 aliphatic heterocycles. The van der Waals surface area contributed by atoms with E-state index in [1.807, 2.05) is 18.5 Å². The fraction of sp³-hybridized carbons (Fsp3) is 0.647. The number of hydrogen-bond donors (Lipinski definition) is 0. The van der Waals surface area contributed by atoms with Gasteiger partial charge >= 0.3 is 0 Å². The molecule has 2 aromatic rings. The second-order valence-corrected chi connectivity index (χ2v) is 9.81. The minimum absolute atomic E-state index is 0.0861. The Morgan fingerprint density at radius 3 is 2.46 bits per heavy atom. The highest BCUT2D eigenvalue weighted by atomic mass is 32.2. The average Bonchev–Trinajstić information content (AvgIpc) is 3.32. The normalized spacial score (nSPS) is 22.0. The lowest BCUT2D eigenvalue weighted by Gasteiger charge is -2.36. The molecular weight excluding hydrogens is 382 g/mol. The SMILES string of the molecule is Cc1nn(C2CCS(=O)(=O)C2)c(C)c1N1CCN(C(=O)c2cn(C)nn2)CC1. The molecule has 2 aliphatic rings. The van der Waals surface area contributed by atoms with Crippen LogP contribution in [0.1, 0.15) is 34.3 Å². The van der Waals surface area contributed by atoms with Gasteiger partial charge < -0.3 is 9.80 Å². The minimum atomic E-state index is -2.96. The van der Waals surface area contributed by atoms with Crippen molar-refractivity contribution in [3.05, 3.63) is 23.3 Å². The Hall–Kier alpha value is -2.43. The van der Waals surface area contributed by atoms with Crippen LogP contribution in [0.3, 0.4) is 0 Å². The molecule has 152 valence electrons. The molecule has 1 amide bonds. The molecule has 0 aromatic carbocycles. The highest BCUT2D eigenvalue weighted by Gasteiger charge is 2.33. The first kappa shape index (κ1) is 18.9. The number of rotatable bonds is 3. The first-order chi connectivity index (χ1) is 13.2. The first-order valence-corrected chi connectivity index (χ1v) is 11.2. The number of nitrogens with zero attached hydrogens (tertiary/aromatic N) is 7. The molecule has 1 unspecified atom stereocenters. The van der Waals surface area contributed by atoms with E-state index in [1.54, 1.807) is 18.1 Å². The van der Waals surface area contributed by atoms with Gasteiger partial charge in [-0.3, -0.25) is 14.2 Å². The van der Waals surface area contributed by atoms with Crippen molar-refractivity contribution in [3.63, 3.8) is 0 Å². The van der Waals surface area contributed by atoms with E-state index in [0.29, 0.717) is 38.3 Å². The Morgan fingerprint density at radius 2 is 1.89 bits per heavy atom. The zero-order valence-corrected chi connectivity index (χ0v) is 17.2. The van der Waals surface area contributed by atoms with Gasteiger partial charge in [-0.25, -0.2) is 8.42 Å². The van der Waals surface area contributed by atoms with Crippen LogP contribution in [0.2, 0.25) is 0 Å². The van der Waals surface area contributed by atoms with Gasteiger partial charge in [0.05, 0.1) is 40.8 Å². The summed E-state index contributed by atoms with van der Waals surface area (Å²) in [4.78, 5) is 16.6. The molecule has 2 saturated heterocycles. The molecule has 0 bridgehead atoms. The third-order valence-electron chi connectivity index (χ3n) is 5.55. The zero-order valence-electron chi connectivity index (χ0n) is 16.4. The number of sulfone groups is 1. The van der Waals surface area contributed by atoms with Crippen molar-refractivity contribution in [1.82, 2.24) is 29.7 Å². The van der Waals surface area contributed by atoms with Crippen LogP contribution in [0.15, 0.2) is 6.20 Å². The Bertz CT molecular complexity index is 1000. The summed E-state index contributed by atoms with van der Waals surface area (Å²) in [7, 11) is -1.23. The van der Waals surface area contributed by atoms with Crippen molar-refractivity contribution in [2.45, 2.75) is 26.3 Å². The summed E-state index contributed by atoms with van der Waals surface area (Å²) in [5, 5.41) is 12.4. The molecule has 0 aliphatic carbocycles. The van der Waals surface area contributed by atoms with Crippen LogP contribution in [0.5, 0.6) is 0 Å². The molecule has 1 atom stereocenters. The number of piperazine rings is 1. The van der Waals surface area contributed by atoms with Gasteiger partial charge in [0, 0.05) is 33.2 Å². The van der Waals surface area contributed by atoms with E-state index in [9.17, 15) is 13.2 Å². The Kier molecular flexibility index (Phi) is 4.64. The first-order valence-electron chi connectivity index (χ1n) is 9.42. The van der Waals surface area contributed by atoms with Crippen LogP contribution in [0, 0.1) is 13.8 Å². The average molecular weight is 408 g/mol. The third kappa shape index (κ3) is 3.38. The van der Waals surface area contributed by atoms with Gasteiger partial charge in [-0.2, -0.15) is 5.10 Å². The van der Waals surface area contributed by atoms with Crippen LogP contribution in [-0.4, -0.2) is 81.7 Å². The highest BCUT2D eigenvalue weighted by molar-refractivity contribution is 7.91. The van der Waals surface area contributed by atoms with E-state index in [4.69, 9.17) is 0 Å². The smallest absolute Gasteiger partial charge is 0.276 e. The molecule has 0 saturated carbocycles. The summed E-state index contributed by atoms with van der Waals surface area (Å²) in [6, 6.07) is -0.0861. The second-order valence-electron chi connectivity index (χ2n) is 7.58. The topological polar surface area (TPSA) is 106 Å². The molecule has 0 N–H and O–H groups in total. The van der Waals surface area contributed by atoms with E-state index in [2.05, 4.69) is 20.3 Å². The summed E-state index contributed by atoms with van der Waals surface area (Å²) in [5.41, 5.74) is 3.30. The molecule has 0 radical (unpaired) electrons. The van der Waals surface area contributed by atoms with Crippen molar-refractivity contribution in [1.29, 1.82) is 0 Å². The van der Waals surface area contributed by atoms with Gasteiger partial charge in [-0.05, 0) is 20.3 Å². The maximum Gasteiger partial charge on any atom is 0.276 e. The second kappa shape index (κ2) is 6.87. The minimum Gasteiger partial charge on any atom is -0.365 e. The number of carbonyl (C=O) groups is 1. The van der Waals surface area contributed by atoms with Crippen molar-refractivity contribution < 1.29 is 13.2 Å². The molecule has 28 heavy (non-hydrogen) atoms. The Labute approximate surface area is 164 Å². The summed E-state index contributed by atoms with van der Waals surface area (Å²) in [6.07, 6.45) is 2.24. The number of amides is 1. The molecular formula is C17H25N7O3S. The quantitative estimate of drug-likeness (QED) is 0.702. The molecule has 4 rings (SSSR count). The molecule has 11 heteroatoms. The summed E-state index contributed by atoms with van der Waals surface area (Å²) >= 11 is 0. The fourth-order valence-corrected chi connectivity index (χ4v) is 5.87. The van der Waals surface area contributed by atoms with Gasteiger partial charge in [0.1, 0.15) is 0 Å². The lowest BCUT2D eigenvalue weighted by atomic mass is 10.2. The molecule has 10 nitrogen and oxygen atoms in total. The predicted octanol–water partition coefficient (Wildman–Crippen LogP) is -0.0496. The van der Waals surface area contributed by atoms with Crippen LogP contribution < -0.4 is 4.90 Å². The predicted molar refractivity (Wildman–Crippen MR) is 103 cm³/mol. The molecule has 0 spiro atoms. The summed E-state index contributed by atoms with van der Waals surface area (Å²) in [6.45, 7) is 6.54. The lowest BCUT2D eigenvalue weighted by Crippen LogP contribution is -2.49. The maximum absolute atomic E-state index is 12.5. The van der Waals surface area contributed by atoms with E-state index in [1.165, 1.54) is 4.68 Å². The number of hydrogen-bond acceptors (Lipinski definition) is 7. The van der Waals surface area contributed by atoms with E-state index in [0.717, 1.165) is 17.1 Å². The van der Waals surface area contributed by atoms with E-state index < -0.39 is 9.84 Å². The van der Waals surface area contributed by atoms with Gasteiger partial charge in [0.25, 0.3) is 5.91 Å². The Balaban J connectivity index is 1.47. The molecule has 2 fully saturated rings. The molecule has 4 heterocycles. The van der Waals surface area contributed by atoms with Crippen molar-refractivity contribution in [3.8, 4) is 0 Å². The number of aromatic nitrogens is 5. The Morgan fingerprint density at radius 1 is 1.18 bits per heavy atom. The summed E-state index contributed by atoms with van der Waals surface area (Å²) in [5.74, 6) is 0.289. The number of aryl methyl sites for hydroxylation is 2. The maximum atomic E-state index is 12.5. The highest BCUT2D eigenvalue weighted by Crippen LogP contribution is 2.31. The monoisotopic (exact) mass is 407 g/mol.